The molecule has 9 heteroatoms. The highest BCUT2D eigenvalue weighted by molar-refractivity contribution is 7.17. The van der Waals surface area contributed by atoms with E-state index in [1.807, 2.05) is 60.0 Å². The lowest BCUT2D eigenvalue weighted by atomic mass is 10.00. The molecule has 8 nitrogen and oxygen atoms in total. The van der Waals surface area contributed by atoms with Gasteiger partial charge in [0.25, 0.3) is 0 Å². The van der Waals surface area contributed by atoms with Crippen LogP contribution in [-0.2, 0) is 32.0 Å². The van der Waals surface area contributed by atoms with Crippen molar-refractivity contribution in [2.75, 3.05) is 40.9 Å². The minimum Gasteiger partial charge on any atom is -0.372 e. The molecular formula is C30H40N4O4S. The fraction of sp³-hybridized carbons (Fsp3) is 0.433. The molecule has 1 heterocycles. The van der Waals surface area contributed by atoms with Crippen LogP contribution in [0, 0.1) is 0 Å². The maximum atomic E-state index is 14.1. The summed E-state index contributed by atoms with van der Waals surface area (Å²) >= 11 is 1.61. The number of unbranched alkanes of at least 4 members (excludes halogenated alkanes) is 2. The second-order valence-electron chi connectivity index (χ2n) is 9.65. The Hall–Kier alpha value is -3.27. The molecule has 0 fully saturated rings. The molecule has 3 rings (SSSR count). The highest BCUT2D eigenvalue weighted by Crippen LogP contribution is 2.28. The van der Waals surface area contributed by atoms with Gasteiger partial charge in [-0.25, -0.2) is 0 Å². The van der Waals surface area contributed by atoms with E-state index in [0.29, 0.717) is 26.0 Å². The summed E-state index contributed by atoms with van der Waals surface area (Å²) in [6.45, 7) is 0.987. The first-order valence-corrected chi connectivity index (χ1v) is 14.3. The molecule has 3 N–H and O–H groups in total. The number of carbonyl (C=O) groups excluding carboxylic acids is 3. The van der Waals surface area contributed by atoms with E-state index in [2.05, 4.69) is 5.32 Å². The van der Waals surface area contributed by atoms with Crippen molar-refractivity contribution in [3.05, 3.63) is 71.1 Å². The van der Waals surface area contributed by atoms with Gasteiger partial charge >= 0.3 is 0 Å². The van der Waals surface area contributed by atoms with E-state index in [0.717, 1.165) is 40.5 Å². The molecule has 0 aliphatic heterocycles. The maximum Gasteiger partial charge on any atom is 0.248 e. The van der Waals surface area contributed by atoms with Crippen LogP contribution in [0.15, 0.2) is 60.0 Å². The molecule has 1 aromatic heterocycles. The van der Waals surface area contributed by atoms with Crippen LogP contribution in [0.25, 0.3) is 10.1 Å². The smallest absolute Gasteiger partial charge is 0.248 e. The highest BCUT2D eigenvalue weighted by Gasteiger charge is 2.35. The van der Waals surface area contributed by atoms with Crippen molar-refractivity contribution < 1.29 is 19.1 Å². The summed E-state index contributed by atoms with van der Waals surface area (Å²) < 4.78 is 6.74. The Morgan fingerprint density at radius 2 is 1.64 bits per heavy atom. The lowest BCUT2D eigenvalue weighted by molar-refractivity contribution is -0.149. The van der Waals surface area contributed by atoms with E-state index in [4.69, 9.17) is 10.5 Å². The van der Waals surface area contributed by atoms with Crippen LogP contribution in [-0.4, -0.2) is 80.5 Å². The van der Waals surface area contributed by atoms with E-state index >= 15 is 0 Å². The number of ether oxygens (including phenoxy) is 1. The normalized spacial score (nSPS) is 12.6. The average molecular weight is 553 g/mol. The van der Waals surface area contributed by atoms with Crippen molar-refractivity contribution in [3.8, 4) is 0 Å². The predicted octanol–water partition coefficient (Wildman–Crippen LogP) is 3.23. The first-order valence-electron chi connectivity index (χ1n) is 13.4. The molecule has 0 aliphatic carbocycles. The number of nitrogens with zero attached hydrogens (tertiary/aromatic N) is 2. The van der Waals surface area contributed by atoms with Crippen molar-refractivity contribution in [2.45, 2.75) is 44.2 Å². The van der Waals surface area contributed by atoms with Crippen LogP contribution >= 0.6 is 11.3 Å². The number of nitrogens with two attached hydrogens (primary N) is 1. The van der Waals surface area contributed by atoms with Crippen molar-refractivity contribution in [1.82, 2.24) is 15.1 Å². The van der Waals surface area contributed by atoms with Gasteiger partial charge in [0.05, 0.1) is 0 Å². The minimum atomic E-state index is -0.802. The summed E-state index contributed by atoms with van der Waals surface area (Å²) in [6, 6.07) is 16.1. The number of hydrogen-bond acceptors (Lipinski definition) is 6. The molecule has 0 saturated heterocycles. The summed E-state index contributed by atoms with van der Waals surface area (Å²) in [4.78, 5) is 43.1. The zero-order chi connectivity index (χ0) is 28.2. The van der Waals surface area contributed by atoms with Crippen molar-refractivity contribution in [2.24, 2.45) is 5.73 Å². The Bertz CT molecular complexity index is 1220. The van der Waals surface area contributed by atoms with Crippen LogP contribution in [0.1, 0.15) is 30.4 Å². The SMILES string of the molecule is CNC(=O)[C@@H](Cc1ccccc1)N(C)C(=O)[C@@H](Cc1csc2ccccc12)N(C)C(=O)COCCCCCN. The van der Waals surface area contributed by atoms with Gasteiger partial charge in [-0.05, 0) is 53.8 Å². The third kappa shape index (κ3) is 8.36. The number of hydrogen-bond donors (Lipinski definition) is 2. The quantitative estimate of drug-likeness (QED) is 0.282. The average Bonchev–Trinajstić information content (AvgIpc) is 3.38. The van der Waals surface area contributed by atoms with E-state index in [9.17, 15) is 14.4 Å². The predicted molar refractivity (Wildman–Crippen MR) is 157 cm³/mol. The van der Waals surface area contributed by atoms with Gasteiger partial charge in [0.2, 0.25) is 17.7 Å². The number of amides is 3. The molecule has 210 valence electrons. The van der Waals surface area contributed by atoms with Gasteiger partial charge < -0.3 is 25.6 Å². The van der Waals surface area contributed by atoms with Gasteiger partial charge in [-0.1, -0.05) is 48.5 Å². The van der Waals surface area contributed by atoms with Crippen LogP contribution in [0.2, 0.25) is 0 Å². The van der Waals surface area contributed by atoms with Gasteiger partial charge in [-0.3, -0.25) is 14.4 Å². The standard InChI is InChI=1S/C30H40N4O4S/c1-32-29(36)25(18-22-12-6-4-7-13-22)34(3)30(37)26(19-23-21-39-27-15-9-8-14-24(23)27)33(2)28(35)20-38-17-11-5-10-16-31/h4,6-9,12-15,21,25-26H,5,10-11,16-20,31H2,1-3H3,(H,32,36)/t25-,26-/m1/s1. The van der Waals surface area contributed by atoms with Crippen LogP contribution in [0.3, 0.4) is 0 Å². The van der Waals surface area contributed by atoms with Crippen molar-refractivity contribution in [3.63, 3.8) is 0 Å². The monoisotopic (exact) mass is 552 g/mol. The topological polar surface area (TPSA) is 105 Å². The van der Waals surface area contributed by atoms with Crippen LogP contribution in [0.5, 0.6) is 0 Å². The summed E-state index contributed by atoms with van der Waals surface area (Å²) in [5, 5.41) is 5.79. The van der Waals surface area contributed by atoms with Crippen LogP contribution < -0.4 is 11.1 Å². The van der Waals surface area contributed by atoms with E-state index in [1.165, 1.54) is 9.80 Å². The molecule has 0 spiro atoms. The number of likely N-dealkylation sites (N-methyl/N-ethyl adjacent to an activating group) is 3. The number of rotatable bonds is 15. The van der Waals surface area contributed by atoms with Gasteiger partial charge in [0.15, 0.2) is 0 Å². The van der Waals surface area contributed by atoms with Crippen LogP contribution in [0.4, 0.5) is 0 Å². The summed E-state index contributed by atoms with van der Waals surface area (Å²) in [7, 11) is 4.83. The Morgan fingerprint density at radius 3 is 2.36 bits per heavy atom. The highest BCUT2D eigenvalue weighted by atomic mass is 32.1. The summed E-state index contributed by atoms with van der Waals surface area (Å²) in [5.41, 5.74) is 7.47. The first-order chi connectivity index (χ1) is 18.9. The molecule has 3 amide bonds. The van der Waals surface area contributed by atoms with Gasteiger partial charge in [0.1, 0.15) is 18.7 Å². The zero-order valence-electron chi connectivity index (χ0n) is 23.1. The Balaban J connectivity index is 1.83. The van der Waals surface area contributed by atoms with Gasteiger partial charge in [0, 0.05) is 45.3 Å². The van der Waals surface area contributed by atoms with Crippen molar-refractivity contribution >= 4 is 39.1 Å². The Kier molecular flexibility index (Phi) is 11.9. The Labute approximate surface area is 235 Å². The Morgan fingerprint density at radius 1 is 0.923 bits per heavy atom. The zero-order valence-corrected chi connectivity index (χ0v) is 23.9. The molecule has 0 radical (unpaired) electrons. The summed E-state index contributed by atoms with van der Waals surface area (Å²) in [6.07, 6.45) is 3.38. The lowest BCUT2D eigenvalue weighted by Gasteiger charge is -2.34. The molecule has 2 aromatic carbocycles. The summed E-state index contributed by atoms with van der Waals surface area (Å²) in [5.74, 6) is -0.836. The molecule has 0 saturated carbocycles. The van der Waals surface area contributed by atoms with Gasteiger partial charge in [-0.2, -0.15) is 0 Å². The van der Waals surface area contributed by atoms with E-state index < -0.39 is 12.1 Å². The molecule has 0 bridgehead atoms. The maximum absolute atomic E-state index is 14.1. The largest absolute Gasteiger partial charge is 0.372 e. The second kappa shape index (κ2) is 15.4. The molecule has 0 aliphatic rings. The number of fused-ring (bicyclic) bond motifs is 1. The number of thiophene rings is 1. The fourth-order valence-corrected chi connectivity index (χ4v) is 5.52. The first kappa shape index (κ1) is 30.3. The molecule has 3 aromatic rings. The molecular weight excluding hydrogens is 512 g/mol. The molecule has 2 atom stereocenters. The van der Waals surface area contributed by atoms with Crippen molar-refractivity contribution in [1.29, 1.82) is 0 Å². The van der Waals surface area contributed by atoms with E-state index in [1.54, 1.807) is 32.5 Å². The molecule has 39 heavy (non-hydrogen) atoms. The van der Waals surface area contributed by atoms with E-state index in [-0.39, 0.29) is 24.3 Å². The molecule has 0 unspecified atom stereocenters. The lowest BCUT2D eigenvalue weighted by Crippen LogP contribution is -2.56. The fourth-order valence-electron chi connectivity index (χ4n) is 4.55. The third-order valence-corrected chi connectivity index (χ3v) is 7.99. The number of carbonyl (C=O) groups is 3. The number of nitrogens with one attached hydrogen (secondary N) is 1. The second-order valence-corrected chi connectivity index (χ2v) is 10.6. The van der Waals surface area contributed by atoms with Gasteiger partial charge in [-0.15, -0.1) is 11.3 Å². The third-order valence-electron chi connectivity index (χ3n) is 6.97. The number of benzene rings is 2. The minimum absolute atomic E-state index is 0.111.